The third-order valence-electron chi connectivity index (χ3n) is 6.22. The molecule has 0 bridgehead atoms. The number of anilines is 1. The molecular formula is C27H23N5O6S. The smallest absolute Gasteiger partial charge is 0.338 e. The van der Waals surface area contributed by atoms with Gasteiger partial charge in [0, 0.05) is 18.7 Å². The SMILES string of the molecule is Cc1ccc(S(=O)(=O)c2c(N)n(CCCOC(=O)c3ccc([N+](=O)[O-])cc3)c3nc4ccccc4nc23)cc1. The van der Waals surface area contributed by atoms with Gasteiger partial charge in [-0.3, -0.25) is 10.1 Å². The molecule has 3 aromatic carbocycles. The van der Waals surface area contributed by atoms with Crippen LogP contribution in [-0.4, -0.2) is 40.5 Å². The van der Waals surface area contributed by atoms with Crippen molar-refractivity contribution in [3.05, 3.63) is 94.0 Å². The van der Waals surface area contributed by atoms with E-state index in [-0.39, 0.29) is 45.5 Å². The highest BCUT2D eigenvalue weighted by molar-refractivity contribution is 7.92. The number of para-hydroxylation sites is 2. The molecule has 0 atom stereocenters. The largest absolute Gasteiger partial charge is 0.462 e. The maximum absolute atomic E-state index is 13.7. The summed E-state index contributed by atoms with van der Waals surface area (Å²) in [4.78, 5) is 31.8. The number of nitrogen functional groups attached to an aromatic ring is 1. The van der Waals surface area contributed by atoms with Crippen molar-refractivity contribution in [3.63, 3.8) is 0 Å². The fraction of sp³-hybridized carbons (Fsp3) is 0.148. The molecule has 0 saturated heterocycles. The van der Waals surface area contributed by atoms with Gasteiger partial charge in [-0.2, -0.15) is 0 Å². The number of benzene rings is 3. The number of ether oxygens (including phenoxy) is 1. The number of nitrogens with zero attached hydrogens (tertiary/aromatic N) is 4. The number of nitro benzene ring substituents is 1. The average molecular weight is 546 g/mol. The second-order valence-corrected chi connectivity index (χ2v) is 10.7. The van der Waals surface area contributed by atoms with Crippen LogP contribution in [0.4, 0.5) is 11.5 Å². The van der Waals surface area contributed by atoms with E-state index in [0.717, 1.165) is 5.56 Å². The van der Waals surface area contributed by atoms with E-state index in [1.54, 1.807) is 41.0 Å². The number of nitrogens with two attached hydrogens (primary N) is 1. The third kappa shape index (κ3) is 4.89. The topological polar surface area (TPSA) is 160 Å². The highest BCUT2D eigenvalue weighted by atomic mass is 32.2. The lowest BCUT2D eigenvalue weighted by Gasteiger charge is -2.09. The van der Waals surface area contributed by atoms with Crippen LogP contribution < -0.4 is 5.73 Å². The number of nitro groups is 1. The first-order valence-corrected chi connectivity index (χ1v) is 13.4. The number of carbonyl (C=O) groups excluding carboxylic acids is 1. The van der Waals surface area contributed by atoms with Crippen molar-refractivity contribution < 1.29 is 22.9 Å². The number of fused-ring (bicyclic) bond motifs is 2. The van der Waals surface area contributed by atoms with Crippen LogP contribution in [0, 0.1) is 17.0 Å². The Hall–Kier alpha value is -4.84. The number of sulfone groups is 1. The van der Waals surface area contributed by atoms with E-state index in [2.05, 4.69) is 9.97 Å². The van der Waals surface area contributed by atoms with Crippen molar-refractivity contribution in [2.24, 2.45) is 0 Å². The molecule has 198 valence electrons. The standard InChI is InChI=1S/C27H23N5O6S/c1-17-7-13-20(14-8-17)39(36,37)24-23-26(30-22-6-3-2-5-21(22)29-23)31(25(24)28)15-4-16-38-27(33)18-9-11-19(12-10-18)32(34)35/h2-3,5-14H,4,15-16,28H2,1H3. The molecule has 2 N–H and O–H groups in total. The van der Waals surface area contributed by atoms with Crippen molar-refractivity contribution >= 4 is 49.5 Å². The summed E-state index contributed by atoms with van der Waals surface area (Å²) in [5.74, 6) is -0.647. The molecule has 0 aliphatic heterocycles. The molecule has 11 nitrogen and oxygen atoms in total. The summed E-state index contributed by atoms with van der Waals surface area (Å²) >= 11 is 0. The lowest BCUT2D eigenvalue weighted by molar-refractivity contribution is -0.384. The Balaban J connectivity index is 1.45. The molecule has 0 unspecified atom stereocenters. The van der Waals surface area contributed by atoms with Gasteiger partial charge in [-0.25, -0.2) is 23.2 Å². The van der Waals surface area contributed by atoms with E-state index >= 15 is 0 Å². The summed E-state index contributed by atoms with van der Waals surface area (Å²) in [6, 6.07) is 18.7. The summed E-state index contributed by atoms with van der Waals surface area (Å²) in [7, 11) is -4.03. The lowest BCUT2D eigenvalue weighted by atomic mass is 10.2. The molecule has 0 radical (unpaired) electrons. The van der Waals surface area contributed by atoms with Crippen molar-refractivity contribution in [1.82, 2.24) is 14.5 Å². The molecule has 2 aromatic heterocycles. The van der Waals surface area contributed by atoms with Gasteiger partial charge in [0.05, 0.1) is 33.0 Å². The minimum Gasteiger partial charge on any atom is -0.462 e. The Bertz CT molecular complexity index is 1830. The maximum Gasteiger partial charge on any atom is 0.338 e. The number of hydrogen-bond donors (Lipinski definition) is 1. The van der Waals surface area contributed by atoms with Gasteiger partial charge >= 0.3 is 5.97 Å². The van der Waals surface area contributed by atoms with Crippen LogP contribution in [0.5, 0.6) is 0 Å². The number of hydrogen-bond acceptors (Lipinski definition) is 9. The van der Waals surface area contributed by atoms with Gasteiger partial charge < -0.3 is 15.0 Å². The van der Waals surface area contributed by atoms with Crippen molar-refractivity contribution in [2.45, 2.75) is 29.7 Å². The minimum atomic E-state index is -4.03. The first kappa shape index (κ1) is 25.8. The van der Waals surface area contributed by atoms with Gasteiger partial charge in [-0.05, 0) is 49.7 Å². The maximum atomic E-state index is 13.7. The average Bonchev–Trinajstić information content (AvgIpc) is 3.20. The van der Waals surface area contributed by atoms with Gasteiger partial charge in [0.2, 0.25) is 9.84 Å². The van der Waals surface area contributed by atoms with Gasteiger partial charge in [0.25, 0.3) is 5.69 Å². The van der Waals surface area contributed by atoms with E-state index < -0.39 is 20.7 Å². The van der Waals surface area contributed by atoms with E-state index in [9.17, 15) is 23.3 Å². The van der Waals surface area contributed by atoms with Gasteiger partial charge in [-0.15, -0.1) is 0 Å². The highest BCUT2D eigenvalue weighted by Gasteiger charge is 2.30. The summed E-state index contributed by atoms with van der Waals surface area (Å²) in [6.07, 6.45) is 0.297. The van der Waals surface area contributed by atoms with Crippen LogP contribution in [0.2, 0.25) is 0 Å². The van der Waals surface area contributed by atoms with Crippen LogP contribution in [0.1, 0.15) is 22.3 Å². The van der Waals surface area contributed by atoms with E-state index in [1.165, 1.54) is 36.4 Å². The van der Waals surface area contributed by atoms with Crippen LogP contribution in [0.15, 0.2) is 82.6 Å². The fourth-order valence-electron chi connectivity index (χ4n) is 4.21. The molecular weight excluding hydrogens is 522 g/mol. The van der Waals surface area contributed by atoms with Crippen molar-refractivity contribution in [1.29, 1.82) is 0 Å². The number of rotatable bonds is 8. The van der Waals surface area contributed by atoms with Gasteiger partial charge in [-0.1, -0.05) is 29.8 Å². The molecule has 5 aromatic rings. The second-order valence-electron chi connectivity index (χ2n) is 8.86. The fourth-order valence-corrected chi connectivity index (χ4v) is 5.71. The molecule has 0 saturated carbocycles. The highest BCUT2D eigenvalue weighted by Crippen LogP contribution is 2.35. The number of aryl methyl sites for hydroxylation is 2. The molecule has 2 heterocycles. The van der Waals surface area contributed by atoms with Crippen LogP contribution in [0.3, 0.4) is 0 Å². The van der Waals surface area contributed by atoms with Crippen LogP contribution in [-0.2, 0) is 21.1 Å². The quantitative estimate of drug-likeness (QED) is 0.128. The monoisotopic (exact) mass is 545 g/mol. The van der Waals surface area contributed by atoms with E-state index in [0.29, 0.717) is 23.1 Å². The number of non-ortho nitro benzene ring substituents is 1. The van der Waals surface area contributed by atoms with Crippen LogP contribution in [0.25, 0.3) is 22.2 Å². The molecule has 0 aliphatic rings. The zero-order valence-corrected chi connectivity index (χ0v) is 21.6. The molecule has 39 heavy (non-hydrogen) atoms. The Labute approximate surface area is 222 Å². The van der Waals surface area contributed by atoms with Crippen LogP contribution >= 0.6 is 0 Å². The van der Waals surface area contributed by atoms with Gasteiger partial charge in [0.1, 0.15) is 16.2 Å². The molecule has 12 heteroatoms. The third-order valence-corrected chi connectivity index (χ3v) is 8.05. The Morgan fingerprint density at radius 1 is 1.00 bits per heavy atom. The predicted octanol–water partition coefficient (Wildman–Crippen LogP) is 4.46. The zero-order valence-electron chi connectivity index (χ0n) is 20.8. The van der Waals surface area contributed by atoms with E-state index in [4.69, 9.17) is 10.5 Å². The predicted molar refractivity (Wildman–Crippen MR) is 144 cm³/mol. The van der Waals surface area contributed by atoms with E-state index in [1.807, 2.05) is 6.92 Å². The first-order valence-electron chi connectivity index (χ1n) is 11.9. The molecule has 0 amide bonds. The first-order chi connectivity index (χ1) is 18.7. The second kappa shape index (κ2) is 10.1. The summed E-state index contributed by atoms with van der Waals surface area (Å²) in [6.45, 7) is 2.06. The summed E-state index contributed by atoms with van der Waals surface area (Å²) in [5, 5.41) is 10.8. The molecule has 0 aliphatic carbocycles. The number of carbonyl (C=O) groups is 1. The molecule has 5 rings (SSSR count). The Morgan fingerprint density at radius 3 is 2.28 bits per heavy atom. The number of esters is 1. The minimum absolute atomic E-state index is 0.00398. The molecule has 0 spiro atoms. The Kier molecular flexibility index (Phi) is 6.71. The lowest BCUT2D eigenvalue weighted by Crippen LogP contribution is -2.11. The van der Waals surface area contributed by atoms with Gasteiger partial charge in [0.15, 0.2) is 5.65 Å². The van der Waals surface area contributed by atoms with Crippen molar-refractivity contribution in [2.75, 3.05) is 12.3 Å². The molecule has 0 fully saturated rings. The Morgan fingerprint density at radius 2 is 1.64 bits per heavy atom. The normalized spacial score (nSPS) is 11.6. The summed E-state index contributed by atoms with van der Waals surface area (Å²) in [5.41, 5.74) is 8.97. The van der Waals surface area contributed by atoms with Crippen molar-refractivity contribution in [3.8, 4) is 0 Å². The zero-order chi connectivity index (χ0) is 27.7. The number of aromatic nitrogens is 3. The summed E-state index contributed by atoms with van der Waals surface area (Å²) < 4.78 is 34.3.